The molecule has 0 bridgehead atoms. The standard InChI is InChI=1S/C19H20F3N9O/c20-19(21,22)13-7-15(27-18-25-12-31(28-18)17-9-23-1-2-24-17)26-16(8-13)30-5-3-29(4-6-30)14-10-32-11-14/h1-2,7-9,12,14H,3-6,10-11H2,(H,26,27,28). The Morgan fingerprint density at radius 3 is 2.47 bits per heavy atom. The van der Waals surface area contributed by atoms with Crippen molar-refractivity contribution < 1.29 is 17.9 Å². The zero-order chi connectivity index (χ0) is 22.1. The third kappa shape index (κ3) is 4.34. The fraction of sp³-hybridized carbons (Fsp3) is 0.421. The Bertz CT molecular complexity index is 1060. The summed E-state index contributed by atoms with van der Waals surface area (Å²) >= 11 is 0. The quantitative estimate of drug-likeness (QED) is 0.627. The summed E-state index contributed by atoms with van der Waals surface area (Å²) in [7, 11) is 0. The predicted molar refractivity (Wildman–Crippen MR) is 108 cm³/mol. The number of hydrogen-bond donors (Lipinski definition) is 1. The Labute approximate surface area is 181 Å². The molecule has 2 aliphatic heterocycles. The van der Waals surface area contributed by atoms with Gasteiger partial charge < -0.3 is 15.0 Å². The van der Waals surface area contributed by atoms with Crippen molar-refractivity contribution in [3.05, 3.63) is 42.6 Å². The van der Waals surface area contributed by atoms with Crippen molar-refractivity contribution in [1.29, 1.82) is 0 Å². The number of nitrogens with one attached hydrogen (secondary N) is 1. The van der Waals surface area contributed by atoms with Gasteiger partial charge >= 0.3 is 6.18 Å². The van der Waals surface area contributed by atoms with Gasteiger partial charge in [0.05, 0.1) is 31.0 Å². The number of hydrogen-bond acceptors (Lipinski definition) is 9. The molecular weight excluding hydrogens is 427 g/mol. The molecule has 13 heteroatoms. The molecular formula is C19H20F3N9O. The first-order chi connectivity index (χ1) is 15.5. The van der Waals surface area contributed by atoms with Crippen molar-refractivity contribution >= 4 is 17.6 Å². The number of ether oxygens (including phenoxy) is 1. The molecule has 168 valence electrons. The second kappa shape index (κ2) is 8.31. The molecule has 0 spiro atoms. The Morgan fingerprint density at radius 1 is 1.00 bits per heavy atom. The van der Waals surface area contributed by atoms with Crippen molar-refractivity contribution in [3.8, 4) is 5.82 Å². The summed E-state index contributed by atoms with van der Waals surface area (Å²) in [5, 5.41) is 6.97. The van der Waals surface area contributed by atoms with Gasteiger partial charge in [-0.1, -0.05) is 0 Å². The van der Waals surface area contributed by atoms with Gasteiger partial charge in [0.25, 0.3) is 0 Å². The maximum absolute atomic E-state index is 13.6. The van der Waals surface area contributed by atoms with Crippen LogP contribution < -0.4 is 10.2 Å². The SMILES string of the molecule is FC(F)(F)c1cc(Nc2ncn(-c3cnccn3)n2)nc(N2CCN(C3COC3)CC2)c1. The number of aromatic nitrogens is 6. The van der Waals surface area contributed by atoms with Crippen LogP contribution in [0.15, 0.2) is 37.1 Å². The lowest BCUT2D eigenvalue weighted by atomic mass is 10.1. The van der Waals surface area contributed by atoms with Crippen LogP contribution in [-0.2, 0) is 10.9 Å². The summed E-state index contributed by atoms with van der Waals surface area (Å²) in [5.41, 5.74) is -0.784. The van der Waals surface area contributed by atoms with E-state index in [2.05, 4.69) is 35.3 Å². The molecule has 3 aromatic rings. The molecule has 0 radical (unpaired) electrons. The summed E-state index contributed by atoms with van der Waals surface area (Å²) in [6.07, 6.45) is 1.40. The molecule has 0 unspecified atom stereocenters. The fourth-order valence-corrected chi connectivity index (χ4v) is 3.61. The van der Waals surface area contributed by atoms with Crippen LogP contribution in [0, 0.1) is 0 Å². The van der Waals surface area contributed by atoms with Gasteiger partial charge in [0, 0.05) is 38.6 Å². The maximum atomic E-state index is 13.6. The van der Waals surface area contributed by atoms with Crippen molar-refractivity contribution in [2.24, 2.45) is 0 Å². The van der Waals surface area contributed by atoms with E-state index in [0.29, 0.717) is 38.2 Å². The molecule has 0 aliphatic carbocycles. The van der Waals surface area contributed by atoms with Gasteiger partial charge in [-0.3, -0.25) is 9.88 Å². The molecule has 10 nitrogen and oxygen atoms in total. The summed E-state index contributed by atoms with van der Waals surface area (Å²) in [6.45, 7) is 4.10. The summed E-state index contributed by atoms with van der Waals surface area (Å²) in [4.78, 5) is 20.7. The van der Waals surface area contributed by atoms with E-state index in [1.165, 1.54) is 29.6 Å². The van der Waals surface area contributed by atoms with E-state index < -0.39 is 11.7 Å². The van der Waals surface area contributed by atoms with E-state index in [0.717, 1.165) is 25.2 Å². The molecule has 1 N–H and O–H groups in total. The first-order valence-corrected chi connectivity index (χ1v) is 10.1. The van der Waals surface area contributed by atoms with E-state index >= 15 is 0 Å². The van der Waals surface area contributed by atoms with Crippen LogP contribution in [0.5, 0.6) is 0 Å². The number of pyridine rings is 1. The van der Waals surface area contributed by atoms with Crippen molar-refractivity contribution in [2.45, 2.75) is 12.2 Å². The molecule has 0 atom stereocenters. The Balaban J connectivity index is 1.36. The molecule has 2 fully saturated rings. The Hall–Kier alpha value is -3.32. The molecule has 0 saturated carbocycles. The second-order valence-electron chi connectivity index (χ2n) is 7.51. The van der Waals surface area contributed by atoms with Gasteiger partial charge in [0.1, 0.15) is 18.0 Å². The lowest BCUT2D eigenvalue weighted by molar-refractivity contribution is -0.137. The normalized spacial score (nSPS) is 17.9. The lowest BCUT2D eigenvalue weighted by Crippen LogP contribution is -2.56. The second-order valence-corrected chi connectivity index (χ2v) is 7.51. The van der Waals surface area contributed by atoms with Crippen LogP contribution in [0.25, 0.3) is 5.82 Å². The monoisotopic (exact) mass is 447 g/mol. The number of halogens is 3. The zero-order valence-electron chi connectivity index (χ0n) is 16.9. The number of anilines is 3. The maximum Gasteiger partial charge on any atom is 0.416 e. The van der Waals surface area contributed by atoms with E-state index in [9.17, 15) is 13.2 Å². The number of alkyl halides is 3. The smallest absolute Gasteiger partial charge is 0.378 e. The predicted octanol–water partition coefficient (Wildman–Crippen LogP) is 1.74. The first-order valence-electron chi connectivity index (χ1n) is 10.1. The van der Waals surface area contributed by atoms with Crippen molar-refractivity contribution in [2.75, 3.05) is 49.6 Å². The van der Waals surface area contributed by atoms with Crippen molar-refractivity contribution in [3.63, 3.8) is 0 Å². The molecule has 0 amide bonds. The van der Waals surface area contributed by atoms with Crippen LogP contribution in [0.4, 0.5) is 30.8 Å². The highest BCUT2D eigenvalue weighted by molar-refractivity contribution is 5.56. The molecule has 3 aromatic heterocycles. The van der Waals surface area contributed by atoms with Gasteiger partial charge in [-0.05, 0) is 12.1 Å². The minimum Gasteiger partial charge on any atom is -0.378 e. The van der Waals surface area contributed by atoms with Gasteiger partial charge in [-0.2, -0.15) is 22.8 Å². The van der Waals surface area contributed by atoms with E-state index in [1.54, 1.807) is 0 Å². The molecule has 2 aliphatic rings. The number of rotatable bonds is 5. The zero-order valence-corrected chi connectivity index (χ0v) is 16.9. The number of nitrogens with zero attached hydrogens (tertiary/aromatic N) is 8. The van der Waals surface area contributed by atoms with Crippen LogP contribution in [0.2, 0.25) is 0 Å². The largest absolute Gasteiger partial charge is 0.416 e. The fourth-order valence-electron chi connectivity index (χ4n) is 3.61. The molecule has 2 saturated heterocycles. The van der Waals surface area contributed by atoms with Crippen LogP contribution in [-0.4, -0.2) is 80.1 Å². The summed E-state index contributed by atoms with van der Waals surface area (Å²) in [5.74, 6) is 0.811. The molecule has 5 rings (SSSR count). The van der Waals surface area contributed by atoms with Gasteiger partial charge in [0.15, 0.2) is 5.82 Å². The molecule has 0 aromatic carbocycles. The lowest BCUT2D eigenvalue weighted by Gasteiger charge is -2.43. The minimum atomic E-state index is -4.51. The highest BCUT2D eigenvalue weighted by Gasteiger charge is 2.34. The van der Waals surface area contributed by atoms with Crippen LogP contribution in [0.1, 0.15) is 5.56 Å². The summed E-state index contributed by atoms with van der Waals surface area (Å²) in [6, 6.07) is 2.44. The third-order valence-electron chi connectivity index (χ3n) is 5.43. The Morgan fingerprint density at radius 2 is 1.81 bits per heavy atom. The summed E-state index contributed by atoms with van der Waals surface area (Å²) < 4.78 is 47.3. The van der Waals surface area contributed by atoms with Crippen LogP contribution in [0.3, 0.4) is 0 Å². The van der Waals surface area contributed by atoms with Gasteiger partial charge in [-0.25, -0.2) is 9.97 Å². The van der Waals surface area contributed by atoms with Gasteiger partial charge in [-0.15, -0.1) is 5.10 Å². The van der Waals surface area contributed by atoms with Crippen molar-refractivity contribution in [1.82, 2.24) is 34.6 Å². The molecule has 5 heterocycles. The highest BCUT2D eigenvalue weighted by atomic mass is 19.4. The van der Waals surface area contributed by atoms with Gasteiger partial charge in [0.2, 0.25) is 5.95 Å². The van der Waals surface area contributed by atoms with Crippen LogP contribution >= 0.6 is 0 Å². The van der Waals surface area contributed by atoms with E-state index in [1.807, 2.05) is 4.90 Å². The molecule has 32 heavy (non-hydrogen) atoms. The topological polar surface area (TPSA) is 97.1 Å². The van der Waals surface area contributed by atoms with E-state index in [4.69, 9.17) is 4.74 Å². The highest BCUT2D eigenvalue weighted by Crippen LogP contribution is 2.33. The van der Waals surface area contributed by atoms with E-state index in [-0.39, 0.29) is 17.6 Å². The average molecular weight is 447 g/mol. The first kappa shape index (κ1) is 20.6. The Kier molecular flexibility index (Phi) is 5.35. The average Bonchev–Trinajstić information content (AvgIpc) is 3.21. The third-order valence-corrected chi connectivity index (χ3v) is 5.43. The minimum absolute atomic E-state index is 0.0153. The number of piperazine rings is 1.